The van der Waals surface area contributed by atoms with Crippen molar-refractivity contribution in [1.82, 2.24) is 9.78 Å². The Labute approximate surface area is 119 Å². The Balaban J connectivity index is 2.23. The van der Waals surface area contributed by atoms with Crippen LogP contribution in [-0.2, 0) is 19.4 Å². The van der Waals surface area contributed by atoms with Crippen LogP contribution in [0.5, 0.6) is 0 Å². The number of hydrogen-bond acceptors (Lipinski definition) is 3. The number of aryl methyl sites for hydroxylation is 2. The molecule has 0 fully saturated rings. The fourth-order valence-electron chi connectivity index (χ4n) is 2.44. The molecule has 0 amide bonds. The number of rotatable bonds is 6. The van der Waals surface area contributed by atoms with Crippen LogP contribution in [0.15, 0.2) is 30.3 Å². The fourth-order valence-corrected chi connectivity index (χ4v) is 2.44. The third-order valence-electron chi connectivity index (χ3n) is 3.36. The molecule has 0 radical (unpaired) electrons. The van der Waals surface area contributed by atoms with Gasteiger partial charge in [0.25, 0.3) is 0 Å². The van der Waals surface area contributed by atoms with Crippen LogP contribution in [-0.4, -0.2) is 22.1 Å². The zero-order valence-corrected chi connectivity index (χ0v) is 12.1. The summed E-state index contributed by atoms with van der Waals surface area (Å²) < 4.78 is 1.89. The van der Waals surface area contributed by atoms with E-state index in [0.29, 0.717) is 13.0 Å². The molecule has 4 heteroatoms. The highest BCUT2D eigenvalue weighted by atomic mass is 16.1. The first-order valence-electron chi connectivity index (χ1n) is 7.00. The van der Waals surface area contributed by atoms with Gasteiger partial charge in [0, 0.05) is 17.8 Å². The van der Waals surface area contributed by atoms with E-state index in [1.54, 1.807) is 0 Å². The van der Waals surface area contributed by atoms with Gasteiger partial charge in [-0.2, -0.15) is 5.10 Å². The molecule has 0 spiro atoms. The number of carbonyl (C=O) groups is 1. The van der Waals surface area contributed by atoms with Crippen molar-refractivity contribution in [3.63, 3.8) is 0 Å². The number of carbonyl (C=O) groups excluding carboxylic acids is 1. The van der Waals surface area contributed by atoms with Gasteiger partial charge in [-0.3, -0.25) is 9.48 Å². The SMILES string of the molecule is CCn1nc(C)cc1CC(=O)c1ccccc1CCN. The van der Waals surface area contributed by atoms with Crippen molar-refractivity contribution in [3.05, 3.63) is 52.8 Å². The van der Waals surface area contributed by atoms with Crippen molar-refractivity contribution in [2.75, 3.05) is 6.54 Å². The maximum Gasteiger partial charge on any atom is 0.169 e. The van der Waals surface area contributed by atoms with Crippen molar-refractivity contribution in [2.24, 2.45) is 5.73 Å². The molecule has 2 rings (SSSR count). The topological polar surface area (TPSA) is 60.9 Å². The molecule has 1 heterocycles. The van der Waals surface area contributed by atoms with E-state index < -0.39 is 0 Å². The Morgan fingerprint density at radius 1 is 1.35 bits per heavy atom. The van der Waals surface area contributed by atoms with Gasteiger partial charge < -0.3 is 5.73 Å². The summed E-state index contributed by atoms with van der Waals surface area (Å²) >= 11 is 0. The highest BCUT2D eigenvalue weighted by Crippen LogP contribution is 2.14. The number of aromatic nitrogens is 2. The summed E-state index contributed by atoms with van der Waals surface area (Å²) in [4.78, 5) is 12.5. The highest BCUT2D eigenvalue weighted by Gasteiger charge is 2.14. The van der Waals surface area contributed by atoms with Gasteiger partial charge in [0.2, 0.25) is 0 Å². The minimum Gasteiger partial charge on any atom is -0.330 e. The molecule has 1 aromatic heterocycles. The van der Waals surface area contributed by atoms with Crippen molar-refractivity contribution in [3.8, 4) is 0 Å². The summed E-state index contributed by atoms with van der Waals surface area (Å²) in [5.41, 5.74) is 9.33. The largest absolute Gasteiger partial charge is 0.330 e. The van der Waals surface area contributed by atoms with E-state index >= 15 is 0 Å². The van der Waals surface area contributed by atoms with Gasteiger partial charge >= 0.3 is 0 Å². The van der Waals surface area contributed by atoms with Gasteiger partial charge in [0.1, 0.15) is 0 Å². The van der Waals surface area contributed by atoms with Crippen LogP contribution >= 0.6 is 0 Å². The molecule has 20 heavy (non-hydrogen) atoms. The number of ketones is 1. The second-order valence-electron chi connectivity index (χ2n) is 4.89. The zero-order chi connectivity index (χ0) is 14.5. The minimum atomic E-state index is 0.128. The fraction of sp³-hybridized carbons (Fsp3) is 0.375. The third-order valence-corrected chi connectivity index (χ3v) is 3.36. The van der Waals surface area contributed by atoms with Crippen LogP contribution in [0.2, 0.25) is 0 Å². The van der Waals surface area contributed by atoms with Crippen molar-refractivity contribution in [1.29, 1.82) is 0 Å². The van der Waals surface area contributed by atoms with Gasteiger partial charge in [-0.1, -0.05) is 24.3 Å². The standard InChI is InChI=1S/C16H21N3O/c1-3-19-14(10-12(2)18-19)11-16(20)15-7-5-4-6-13(15)8-9-17/h4-7,10H,3,8-9,11,17H2,1-2H3. The Kier molecular flexibility index (Phi) is 4.69. The molecule has 2 aromatic rings. The summed E-state index contributed by atoms with van der Waals surface area (Å²) in [5, 5.41) is 4.38. The normalized spacial score (nSPS) is 10.8. The summed E-state index contributed by atoms with van der Waals surface area (Å²) in [6.45, 7) is 5.31. The molecule has 0 saturated carbocycles. The lowest BCUT2D eigenvalue weighted by atomic mass is 9.98. The van der Waals surface area contributed by atoms with E-state index in [9.17, 15) is 4.79 Å². The molecule has 106 valence electrons. The van der Waals surface area contributed by atoms with Crippen LogP contribution < -0.4 is 5.73 Å². The van der Waals surface area contributed by atoms with Crippen molar-refractivity contribution < 1.29 is 4.79 Å². The first-order valence-corrected chi connectivity index (χ1v) is 7.00. The molecule has 0 aliphatic carbocycles. The van der Waals surface area contributed by atoms with E-state index in [1.165, 1.54) is 0 Å². The van der Waals surface area contributed by atoms with E-state index in [1.807, 2.05) is 48.9 Å². The summed E-state index contributed by atoms with van der Waals surface area (Å²) in [6, 6.07) is 9.68. The summed E-state index contributed by atoms with van der Waals surface area (Å²) in [7, 11) is 0. The van der Waals surface area contributed by atoms with Crippen LogP contribution in [0.1, 0.15) is 34.2 Å². The number of Topliss-reactive ketones (excluding diaryl/α,β-unsaturated/α-hetero) is 1. The molecule has 0 saturated heterocycles. The molecule has 2 N–H and O–H groups in total. The Morgan fingerprint density at radius 3 is 2.80 bits per heavy atom. The molecule has 0 atom stereocenters. The molecular weight excluding hydrogens is 250 g/mol. The molecule has 0 aliphatic heterocycles. The van der Waals surface area contributed by atoms with E-state index in [-0.39, 0.29) is 5.78 Å². The average Bonchev–Trinajstić information content (AvgIpc) is 2.79. The predicted octanol–water partition coefficient (Wildman–Crippen LogP) is 2.14. The summed E-state index contributed by atoms with van der Waals surface area (Å²) in [5.74, 6) is 0.128. The van der Waals surface area contributed by atoms with Gasteiger partial charge in [-0.25, -0.2) is 0 Å². The molecule has 0 bridgehead atoms. The van der Waals surface area contributed by atoms with Crippen molar-refractivity contribution in [2.45, 2.75) is 33.2 Å². The van der Waals surface area contributed by atoms with E-state index in [0.717, 1.165) is 35.5 Å². The van der Waals surface area contributed by atoms with E-state index in [2.05, 4.69) is 5.10 Å². The number of hydrogen-bond donors (Lipinski definition) is 1. The Bertz CT molecular complexity index is 602. The van der Waals surface area contributed by atoms with Crippen LogP contribution in [0.4, 0.5) is 0 Å². The van der Waals surface area contributed by atoms with Gasteiger partial charge in [0.15, 0.2) is 5.78 Å². The molecular formula is C16H21N3O. The van der Waals surface area contributed by atoms with Crippen LogP contribution in [0.3, 0.4) is 0 Å². The lowest BCUT2D eigenvalue weighted by Gasteiger charge is -2.08. The monoisotopic (exact) mass is 271 g/mol. The first kappa shape index (κ1) is 14.5. The quantitative estimate of drug-likeness (QED) is 0.819. The van der Waals surface area contributed by atoms with E-state index in [4.69, 9.17) is 5.73 Å². The molecule has 0 aliphatic rings. The second-order valence-corrected chi connectivity index (χ2v) is 4.89. The Hall–Kier alpha value is -1.94. The predicted molar refractivity (Wildman–Crippen MR) is 79.9 cm³/mol. The Morgan fingerprint density at radius 2 is 2.10 bits per heavy atom. The highest BCUT2D eigenvalue weighted by molar-refractivity contribution is 5.98. The smallest absolute Gasteiger partial charge is 0.169 e. The minimum absolute atomic E-state index is 0.128. The van der Waals surface area contributed by atoms with Gasteiger partial charge in [-0.05, 0) is 38.4 Å². The second kappa shape index (κ2) is 6.48. The first-order chi connectivity index (χ1) is 9.65. The van der Waals surface area contributed by atoms with Crippen molar-refractivity contribution >= 4 is 5.78 Å². The average molecular weight is 271 g/mol. The molecule has 1 aromatic carbocycles. The van der Waals surface area contributed by atoms with Crippen LogP contribution in [0.25, 0.3) is 0 Å². The third kappa shape index (κ3) is 3.14. The number of benzene rings is 1. The maximum absolute atomic E-state index is 12.5. The lowest BCUT2D eigenvalue weighted by molar-refractivity contribution is 0.0989. The van der Waals surface area contributed by atoms with Gasteiger partial charge in [-0.15, -0.1) is 0 Å². The van der Waals surface area contributed by atoms with Gasteiger partial charge in [0.05, 0.1) is 12.1 Å². The van der Waals surface area contributed by atoms with Crippen LogP contribution in [0, 0.1) is 6.92 Å². The maximum atomic E-state index is 12.5. The molecule has 0 unspecified atom stereocenters. The summed E-state index contributed by atoms with van der Waals surface area (Å²) in [6.07, 6.45) is 1.12. The lowest BCUT2D eigenvalue weighted by Crippen LogP contribution is -2.13. The number of nitrogens with two attached hydrogens (primary N) is 1. The number of nitrogens with zero attached hydrogens (tertiary/aromatic N) is 2. The molecule has 4 nitrogen and oxygen atoms in total. The zero-order valence-electron chi connectivity index (χ0n) is 12.1.